The van der Waals surface area contributed by atoms with E-state index < -0.39 is 0 Å². The molecule has 4 nitrogen and oxygen atoms in total. The maximum atomic E-state index is 6.36. The highest BCUT2D eigenvalue weighted by Crippen LogP contribution is 2.21. The van der Waals surface area contributed by atoms with Crippen LogP contribution in [0.3, 0.4) is 0 Å². The van der Waals surface area contributed by atoms with Crippen molar-refractivity contribution < 1.29 is 4.74 Å². The highest BCUT2D eigenvalue weighted by molar-refractivity contribution is 5.75. The predicted octanol–water partition coefficient (Wildman–Crippen LogP) is 1.96. The van der Waals surface area contributed by atoms with Gasteiger partial charge >= 0.3 is 0 Å². The van der Waals surface area contributed by atoms with Crippen LogP contribution in [-0.4, -0.2) is 28.8 Å². The molecular weight excluding hydrogens is 238 g/mol. The number of benzene rings is 1. The summed E-state index contributed by atoms with van der Waals surface area (Å²) in [4.78, 5) is 4.69. The third-order valence-corrected chi connectivity index (χ3v) is 4.01. The summed E-state index contributed by atoms with van der Waals surface area (Å²) >= 11 is 0. The lowest BCUT2D eigenvalue weighted by Gasteiger charge is -2.19. The van der Waals surface area contributed by atoms with E-state index >= 15 is 0 Å². The first-order chi connectivity index (χ1) is 9.29. The smallest absolute Gasteiger partial charge is 0.109 e. The van der Waals surface area contributed by atoms with Crippen LogP contribution in [-0.2, 0) is 17.7 Å². The largest absolute Gasteiger partial charge is 0.381 e. The van der Waals surface area contributed by atoms with Gasteiger partial charge < -0.3 is 15.0 Å². The van der Waals surface area contributed by atoms with Crippen molar-refractivity contribution in [2.45, 2.75) is 32.4 Å². The second-order valence-corrected chi connectivity index (χ2v) is 5.27. The molecule has 2 heterocycles. The van der Waals surface area contributed by atoms with Crippen molar-refractivity contribution in [2.24, 2.45) is 11.7 Å². The minimum absolute atomic E-state index is 0.144. The quantitative estimate of drug-likeness (QED) is 0.913. The molecule has 1 aromatic heterocycles. The number of aromatic nitrogens is 2. The summed E-state index contributed by atoms with van der Waals surface area (Å²) in [5.41, 5.74) is 8.61. The first-order valence-electron chi connectivity index (χ1n) is 7.07. The Hall–Kier alpha value is -1.39. The maximum absolute atomic E-state index is 6.36. The van der Waals surface area contributed by atoms with E-state index in [4.69, 9.17) is 10.5 Å². The molecule has 102 valence electrons. The molecule has 1 saturated heterocycles. The Balaban J connectivity index is 1.90. The first-order valence-corrected chi connectivity index (χ1v) is 7.07. The molecule has 1 aliphatic rings. The Labute approximate surface area is 113 Å². The molecule has 0 aliphatic carbocycles. The fourth-order valence-corrected chi connectivity index (χ4v) is 2.85. The Morgan fingerprint density at radius 2 is 2.32 bits per heavy atom. The van der Waals surface area contributed by atoms with E-state index in [-0.39, 0.29) is 6.04 Å². The third kappa shape index (κ3) is 2.38. The molecule has 3 rings (SSSR count). The zero-order valence-electron chi connectivity index (χ0n) is 11.4. The van der Waals surface area contributed by atoms with Gasteiger partial charge in [-0.05, 0) is 18.6 Å². The predicted molar refractivity (Wildman–Crippen MR) is 76.0 cm³/mol. The van der Waals surface area contributed by atoms with Crippen molar-refractivity contribution in [1.29, 1.82) is 0 Å². The van der Waals surface area contributed by atoms with Crippen molar-refractivity contribution in [1.82, 2.24) is 9.55 Å². The Bertz CT molecular complexity index is 558. The summed E-state index contributed by atoms with van der Waals surface area (Å²) < 4.78 is 7.71. The monoisotopic (exact) mass is 259 g/mol. The zero-order chi connectivity index (χ0) is 13.2. The van der Waals surface area contributed by atoms with E-state index in [9.17, 15) is 0 Å². The number of aryl methyl sites for hydroxylation is 1. The third-order valence-electron chi connectivity index (χ3n) is 4.01. The van der Waals surface area contributed by atoms with Crippen molar-refractivity contribution in [3.8, 4) is 0 Å². The highest BCUT2D eigenvalue weighted by atomic mass is 16.5. The van der Waals surface area contributed by atoms with E-state index in [2.05, 4.69) is 34.7 Å². The number of ether oxygens (including phenoxy) is 1. The van der Waals surface area contributed by atoms with Crippen LogP contribution in [0, 0.1) is 5.92 Å². The summed E-state index contributed by atoms with van der Waals surface area (Å²) in [6.45, 7) is 4.62. The molecule has 1 fully saturated rings. The molecule has 2 N–H and O–H groups in total. The number of fused-ring (bicyclic) bond motifs is 1. The number of imidazole rings is 1. The average Bonchev–Trinajstić information content (AvgIpc) is 3.06. The number of hydrogen-bond donors (Lipinski definition) is 1. The lowest BCUT2D eigenvalue weighted by molar-refractivity contribution is 0.179. The van der Waals surface area contributed by atoms with Gasteiger partial charge in [0.05, 0.1) is 17.6 Å². The molecule has 2 unspecified atom stereocenters. The van der Waals surface area contributed by atoms with Crippen LogP contribution in [0.2, 0.25) is 0 Å². The van der Waals surface area contributed by atoms with Gasteiger partial charge in [0.2, 0.25) is 0 Å². The Morgan fingerprint density at radius 3 is 3.05 bits per heavy atom. The van der Waals surface area contributed by atoms with Crippen LogP contribution in [0.5, 0.6) is 0 Å². The van der Waals surface area contributed by atoms with Crippen LogP contribution in [0.25, 0.3) is 11.0 Å². The van der Waals surface area contributed by atoms with Gasteiger partial charge in [-0.25, -0.2) is 4.98 Å². The molecule has 4 heteroatoms. The molecule has 2 aromatic rings. The first kappa shape index (κ1) is 12.6. The topological polar surface area (TPSA) is 53.1 Å². The number of hydrogen-bond acceptors (Lipinski definition) is 3. The number of rotatable bonds is 4. The van der Waals surface area contributed by atoms with E-state index in [0.29, 0.717) is 5.92 Å². The molecule has 0 bridgehead atoms. The minimum Gasteiger partial charge on any atom is -0.381 e. The average molecular weight is 259 g/mol. The summed E-state index contributed by atoms with van der Waals surface area (Å²) in [7, 11) is 0. The molecule has 19 heavy (non-hydrogen) atoms. The van der Waals surface area contributed by atoms with Crippen molar-refractivity contribution >= 4 is 11.0 Å². The molecule has 0 saturated carbocycles. The van der Waals surface area contributed by atoms with Gasteiger partial charge in [0.1, 0.15) is 5.82 Å². The van der Waals surface area contributed by atoms with Gasteiger partial charge in [0, 0.05) is 31.5 Å². The van der Waals surface area contributed by atoms with E-state index in [1.165, 1.54) is 5.52 Å². The van der Waals surface area contributed by atoms with Crippen LogP contribution < -0.4 is 5.73 Å². The van der Waals surface area contributed by atoms with Crippen molar-refractivity contribution in [3.63, 3.8) is 0 Å². The molecule has 0 spiro atoms. The van der Waals surface area contributed by atoms with Crippen molar-refractivity contribution in [2.75, 3.05) is 13.2 Å². The number of nitrogens with zero attached hydrogens (tertiary/aromatic N) is 2. The van der Waals surface area contributed by atoms with Crippen LogP contribution in [0.4, 0.5) is 0 Å². The van der Waals surface area contributed by atoms with Crippen LogP contribution >= 0.6 is 0 Å². The van der Waals surface area contributed by atoms with Gasteiger partial charge in [-0.15, -0.1) is 0 Å². The zero-order valence-corrected chi connectivity index (χ0v) is 11.4. The summed E-state index contributed by atoms with van der Waals surface area (Å²) in [5, 5.41) is 0. The second kappa shape index (κ2) is 5.31. The Kier molecular flexibility index (Phi) is 3.53. The van der Waals surface area contributed by atoms with Gasteiger partial charge in [-0.2, -0.15) is 0 Å². The molecule has 2 atom stereocenters. The summed E-state index contributed by atoms with van der Waals surface area (Å²) in [6.07, 6.45) is 2.01. The molecule has 0 radical (unpaired) electrons. The standard InChI is InChI=1S/C15H21N3O/c1-2-15-17-13-5-3-4-6-14(13)18(15)9-12(16)11-7-8-19-10-11/h3-6,11-12H,2,7-10,16H2,1H3. The van der Waals surface area contributed by atoms with Crippen molar-refractivity contribution in [3.05, 3.63) is 30.1 Å². The maximum Gasteiger partial charge on any atom is 0.109 e. The lowest BCUT2D eigenvalue weighted by Crippen LogP contribution is -2.35. The Morgan fingerprint density at radius 1 is 1.47 bits per heavy atom. The fraction of sp³-hybridized carbons (Fsp3) is 0.533. The second-order valence-electron chi connectivity index (χ2n) is 5.27. The molecule has 1 aliphatic heterocycles. The molecule has 1 aromatic carbocycles. The van der Waals surface area contributed by atoms with Gasteiger partial charge in [-0.3, -0.25) is 0 Å². The normalized spacial score (nSPS) is 21.1. The van der Waals surface area contributed by atoms with E-state index in [1.54, 1.807) is 0 Å². The van der Waals surface area contributed by atoms with Crippen LogP contribution in [0.1, 0.15) is 19.2 Å². The highest BCUT2D eigenvalue weighted by Gasteiger charge is 2.24. The van der Waals surface area contributed by atoms with Gasteiger partial charge in [-0.1, -0.05) is 19.1 Å². The molecular formula is C15H21N3O. The van der Waals surface area contributed by atoms with E-state index in [0.717, 1.165) is 43.9 Å². The number of nitrogens with two attached hydrogens (primary N) is 1. The van der Waals surface area contributed by atoms with Gasteiger partial charge in [0.25, 0.3) is 0 Å². The molecule has 0 amide bonds. The van der Waals surface area contributed by atoms with E-state index in [1.807, 2.05) is 6.07 Å². The summed E-state index contributed by atoms with van der Waals surface area (Å²) in [5.74, 6) is 1.60. The SMILES string of the molecule is CCc1nc2ccccc2n1CC(N)C1CCOC1. The van der Waals surface area contributed by atoms with Crippen LogP contribution in [0.15, 0.2) is 24.3 Å². The lowest BCUT2D eigenvalue weighted by atomic mass is 10.00. The fourth-order valence-electron chi connectivity index (χ4n) is 2.85. The minimum atomic E-state index is 0.144. The number of para-hydroxylation sites is 2. The van der Waals surface area contributed by atoms with Gasteiger partial charge in [0.15, 0.2) is 0 Å². The summed E-state index contributed by atoms with van der Waals surface area (Å²) in [6, 6.07) is 8.42.